The molecule has 0 aliphatic carbocycles. The Morgan fingerprint density at radius 2 is 1.78 bits per heavy atom. The standard InChI is InChI=1S/C19H21N3O/c1-3-16(20-13-14-9-5-4-6-10-14)18-21-17-12-8-7-11-15(17)19(23)22(18)2/h4-12,16,20H,3,13H2,1-2H3/p+1/t16-/m0/s1. The molecule has 23 heavy (non-hydrogen) atoms. The second kappa shape index (κ2) is 6.75. The summed E-state index contributed by atoms with van der Waals surface area (Å²) >= 11 is 0. The van der Waals surface area contributed by atoms with Crippen LogP contribution in [0.15, 0.2) is 59.4 Å². The zero-order valence-corrected chi connectivity index (χ0v) is 13.6. The predicted molar refractivity (Wildman–Crippen MR) is 92.1 cm³/mol. The summed E-state index contributed by atoms with van der Waals surface area (Å²) in [6.07, 6.45) is 0.922. The summed E-state index contributed by atoms with van der Waals surface area (Å²) in [5.41, 5.74) is 2.08. The molecule has 0 saturated carbocycles. The molecule has 3 rings (SSSR count). The predicted octanol–water partition coefficient (Wildman–Crippen LogP) is 2.15. The smallest absolute Gasteiger partial charge is 0.261 e. The van der Waals surface area contributed by atoms with E-state index in [0.717, 1.165) is 24.3 Å². The zero-order chi connectivity index (χ0) is 16.2. The van der Waals surface area contributed by atoms with Crippen LogP contribution in [0, 0.1) is 0 Å². The normalized spacial score (nSPS) is 12.4. The van der Waals surface area contributed by atoms with Crippen molar-refractivity contribution in [2.24, 2.45) is 7.05 Å². The number of fused-ring (bicyclic) bond motifs is 1. The monoisotopic (exact) mass is 308 g/mol. The minimum Gasteiger partial charge on any atom is -0.334 e. The van der Waals surface area contributed by atoms with Crippen molar-refractivity contribution < 1.29 is 5.32 Å². The second-order valence-corrected chi connectivity index (χ2v) is 5.79. The van der Waals surface area contributed by atoms with Gasteiger partial charge in [0.15, 0.2) is 5.82 Å². The van der Waals surface area contributed by atoms with Gasteiger partial charge in [0.2, 0.25) is 0 Å². The molecule has 0 bridgehead atoms. The van der Waals surface area contributed by atoms with Gasteiger partial charge in [0.25, 0.3) is 5.56 Å². The summed E-state index contributed by atoms with van der Waals surface area (Å²) in [5, 5.41) is 2.93. The molecule has 0 radical (unpaired) electrons. The fourth-order valence-corrected chi connectivity index (χ4v) is 2.91. The molecule has 0 spiro atoms. The van der Waals surface area contributed by atoms with E-state index in [1.807, 2.05) is 49.5 Å². The Morgan fingerprint density at radius 1 is 1.09 bits per heavy atom. The van der Waals surface area contributed by atoms with Crippen LogP contribution in [-0.4, -0.2) is 9.55 Å². The van der Waals surface area contributed by atoms with Gasteiger partial charge < -0.3 is 5.32 Å². The van der Waals surface area contributed by atoms with E-state index in [1.54, 1.807) is 4.57 Å². The fraction of sp³-hybridized carbons (Fsp3) is 0.263. The van der Waals surface area contributed by atoms with E-state index < -0.39 is 0 Å². The van der Waals surface area contributed by atoms with Crippen molar-refractivity contribution in [1.82, 2.24) is 9.55 Å². The molecule has 0 amide bonds. The molecule has 0 unspecified atom stereocenters. The van der Waals surface area contributed by atoms with Gasteiger partial charge in [0.1, 0.15) is 12.6 Å². The topological polar surface area (TPSA) is 51.5 Å². The Balaban J connectivity index is 1.93. The molecular formula is C19H22N3O+. The van der Waals surface area contributed by atoms with Crippen molar-refractivity contribution in [2.75, 3.05) is 0 Å². The molecule has 4 nitrogen and oxygen atoms in total. The van der Waals surface area contributed by atoms with Gasteiger partial charge in [0, 0.05) is 19.0 Å². The van der Waals surface area contributed by atoms with Gasteiger partial charge in [-0.1, -0.05) is 49.4 Å². The molecule has 1 atom stereocenters. The van der Waals surface area contributed by atoms with E-state index in [9.17, 15) is 4.79 Å². The Labute approximate surface area is 135 Å². The zero-order valence-electron chi connectivity index (χ0n) is 13.6. The lowest BCUT2D eigenvalue weighted by Gasteiger charge is -2.17. The van der Waals surface area contributed by atoms with Crippen molar-refractivity contribution in [3.8, 4) is 0 Å². The van der Waals surface area contributed by atoms with Gasteiger partial charge in [-0.3, -0.25) is 9.36 Å². The third kappa shape index (κ3) is 3.17. The largest absolute Gasteiger partial charge is 0.334 e. The Hall–Kier alpha value is -2.46. The van der Waals surface area contributed by atoms with E-state index in [1.165, 1.54) is 5.56 Å². The van der Waals surface area contributed by atoms with Crippen molar-refractivity contribution in [3.63, 3.8) is 0 Å². The molecule has 118 valence electrons. The quantitative estimate of drug-likeness (QED) is 0.785. The third-order valence-electron chi connectivity index (χ3n) is 4.27. The molecular weight excluding hydrogens is 286 g/mol. The third-order valence-corrected chi connectivity index (χ3v) is 4.27. The Morgan fingerprint density at radius 3 is 2.52 bits per heavy atom. The van der Waals surface area contributed by atoms with Gasteiger partial charge in [-0.05, 0) is 12.1 Å². The highest BCUT2D eigenvalue weighted by molar-refractivity contribution is 5.77. The number of hydrogen-bond acceptors (Lipinski definition) is 2. The van der Waals surface area contributed by atoms with Gasteiger partial charge in [0.05, 0.1) is 10.9 Å². The molecule has 4 heteroatoms. The molecule has 0 fully saturated rings. The number of rotatable bonds is 5. The Bertz CT molecular complexity index is 855. The first-order valence-electron chi connectivity index (χ1n) is 8.03. The number of aromatic nitrogens is 2. The summed E-state index contributed by atoms with van der Waals surface area (Å²) in [6, 6.07) is 18.1. The van der Waals surface area contributed by atoms with Crippen LogP contribution in [0.2, 0.25) is 0 Å². The van der Waals surface area contributed by atoms with Crippen molar-refractivity contribution in [1.29, 1.82) is 0 Å². The van der Waals surface area contributed by atoms with Crippen LogP contribution in [0.3, 0.4) is 0 Å². The van der Waals surface area contributed by atoms with Gasteiger partial charge in [-0.15, -0.1) is 0 Å². The second-order valence-electron chi connectivity index (χ2n) is 5.79. The van der Waals surface area contributed by atoms with Crippen molar-refractivity contribution in [2.45, 2.75) is 25.9 Å². The first kappa shape index (κ1) is 15.4. The lowest BCUT2D eigenvalue weighted by atomic mass is 10.1. The van der Waals surface area contributed by atoms with Gasteiger partial charge in [-0.2, -0.15) is 0 Å². The first-order valence-corrected chi connectivity index (χ1v) is 8.03. The number of benzene rings is 2. The number of nitrogens with two attached hydrogens (primary N) is 1. The average molecular weight is 308 g/mol. The van der Waals surface area contributed by atoms with E-state index in [-0.39, 0.29) is 11.6 Å². The van der Waals surface area contributed by atoms with E-state index >= 15 is 0 Å². The van der Waals surface area contributed by atoms with Gasteiger partial charge in [-0.25, -0.2) is 4.98 Å². The molecule has 3 aromatic rings. The number of hydrogen-bond donors (Lipinski definition) is 1. The summed E-state index contributed by atoms with van der Waals surface area (Å²) in [6.45, 7) is 3.01. The van der Waals surface area contributed by atoms with Crippen LogP contribution < -0.4 is 10.9 Å². The minimum absolute atomic E-state index is 0.0251. The molecule has 0 aliphatic rings. The first-order chi connectivity index (χ1) is 11.2. The van der Waals surface area contributed by atoms with E-state index in [2.05, 4.69) is 24.4 Å². The highest BCUT2D eigenvalue weighted by Crippen LogP contribution is 2.13. The van der Waals surface area contributed by atoms with Crippen LogP contribution in [-0.2, 0) is 13.6 Å². The summed E-state index contributed by atoms with van der Waals surface area (Å²) in [7, 11) is 1.82. The van der Waals surface area contributed by atoms with E-state index in [0.29, 0.717) is 5.39 Å². The maximum Gasteiger partial charge on any atom is 0.261 e. The van der Waals surface area contributed by atoms with E-state index in [4.69, 9.17) is 4.98 Å². The fourth-order valence-electron chi connectivity index (χ4n) is 2.91. The molecule has 1 aromatic heterocycles. The van der Waals surface area contributed by atoms with Crippen LogP contribution in [0.5, 0.6) is 0 Å². The van der Waals surface area contributed by atoms with Crippen LogP contribution in [0.25, 0.3) is 10.9 Å². The molecule has 2 N–H and O–H groups in total. The lowest BCUT2D eigenvalue weighted by Crippen LogP contribution is -2.84. The summed E-state index contributed by atoms with van der Waals surface area (Å²) < 4.78 is 1.69. The Kier molecular flexibility index (Phi) is 4.53. The summed E-state index contributed by atoms with van der Waals surface area (Å²) in [5.74, 6) is 0.840. The van der Waals surface area contributed by atoms with Crippen LogP contribution in [0.1, 0.15) is 30.8 Å². The number of para-hydroxylation sites is 1. The highest BCUT2D eigenvalue weighted by Gasteiger charge is 2.19. The highest BCUT2D eigenvalue weighted by atomic mass is 16.1. The van der Waals surface area contributed by atoms with Gasteiger partial charge >= 0.3 is 0 Å². The van der Waals surface area contributed by atoms with Crippen molar-refractivity contribution >= 4 is 10.9 Å². The summed E-state index contributed by atoms with van der Waals surface area (Å²) in [4.78, 5) is 17.3. The molecule has 0 saturated heterocycles. The van der Waals surface area contributed by atoms with Crippen molar-refractivity contribution in [3.05, 3.63) is 76.3 Å². The minimum atomic E-state index is 0.0251. The van der Waals surface area contributed by atoms with Crippen LogP contribution >= 0.6 is 0 Å². The molecule has 0 aliphatic heterocycles. The molecule has 1 heterocycles. The SMILES string of the molecule is CC[C@H]([NH2+]Cc1ccccc1)c1nc2ccccc2c(=O)n1C. The van der Waals surface area contributed by atoms with Crippen LogP contribution in [0.4, 0.5) is 0 Å². The number of quaternary nitrogens is 1. The lowest BCUT2D eigenvalue weighted by molar-refractivity contribution is -0.712. The maximum absolute atomic E-state index is 12.6. The maximum atomic E-state index is 12.6. The molecule has 2 aromatic carbocycles. The average Bonchev–Trinajstić information content (AvgIpc) is 2.60. The number of nitrogens with zero attached hydrogens (tertiary/aromatic N) is 2.